The van der Waals surface area contributed by atoms with Gasteiger partial charge < -0.3 is 9.47 Å². The van der Waals surface area contributed by atoms with Gasteiger partial charge in [-0.3, -0.25) is 4.79 Å². The molecule has 0 fully saturated rings. The number of hydrogen-bond donors (Lipinski definition) is 1. The Morgan fingerprint density at radius 1 is 0.889 bits per heavy atom. The van der Waals surface area contributed by atoms with Gasteiger partial charge in [0, 0.05) is 10.1 Å². The van der Waals surface area contributed by atoms with Crippen molar-refractivity contribution >= 4 is 61.9 Å². The lowest BCUT2D eigenvalue weighted by atomic mass is 10.1. The molecule has 4 aromatic carbocycles. The van der Waals surface area contributed by atoms with E-state index in [2.05, 4.69) is 10.5 Å². The van der Waals surface area contributed by atoms with E-state index >= 15 is 0 Å². The summed E-state index contributed by atoms with van der Waals surface area (Å²) in [5, 5.41) is 7.29. The highest BCUT2D eigenvalue weighted by atomic mass is 35.5. The summed E-state index contributed by atoms with van der Waals surface area (Å²) in [5.41, 5.74) is 3.07. The minimum atomic E-state index is -0.533. The third-order valence-corrected chi connectivity index (χ3v) is 6.94. The summed E-state index contributed by atoms with van der Waals surface area (Å²) in [6.45, 7) is -0.177. The van der Waals surface area contributed by atoms with Gasteiger partial charge in [0.25, 0.3) is 5.91 Å². The summed E-state index contributed by atoms with van der Waals surface area (Å²) in [7, 11) is 0. The Balaban J connectivity index is 1.16. The molecule has 0 saturated carbocycles. The minimum absolute atomic E-state index is 0.177. The second kappa shape index (κ2) is 10.6. The Kier molecular flexibility index (Phi) is 6.93. The van der Waals surface area contributed by atoms with Gasteiger partial charge in [-0.15, -0.1) is 11.3 Å². The Morgan fingerprint density at radius 2 is 1.69 bits per heavy atom. The van der Waals surface area contributed by atoms with E-state index in [9.17, 15) is 9.59 Å². The number of amides is 1. The van der Waals surface area contributed by atoms with Crippen molar-refractivity contribution < 1.29 is 19.1 Å². The van der Waals surface area contributed by atoms with Crippen LogP contribution in [-0.4, -0.2) is 24.7 Å². The highest BCUT2D eigenvalue weighted by molar-refractivity contribution is 7.21. The van der Waals surface area contributed by atoms with Crippen LogP contribution in [0.5, 0.6) is 11.5 Å². The molecule has 0 aliphatic carbocycles. The summed E-state index contributed by atoms with van der Waals surface area (Å²) < 4.78 is 12.0. The van der Waals surface area contributed by atoms with E-state index in [1.54, 1.807) is 24.3 Å². The summed E-state index contributed by atoms with van der Waals surface area (Å²) in [6.07, 6.45) is 1.46. The maximum atomic E-state index is 12.7. The molecule has 0 bridgehead atoms. The van der Waals surface area contributed by atoms with Gasteiger partial charge in [0.1, 0.15) is 16.4 Å². The molecule has 0 aliphatic rings. The molecule has 0 saturated heterocycles. The van der Waals surface area contributed by atoms with Crippen molar-refractivity contribution in [1.82, 2.24) is 5.43 Å². The minimum Gasteiger partial charge on any atom is -0.484 e. The number of thiophene rings is 1. The second-order valence-corrected chi connectivity index (χ2v) is 9.22. The number of nitrogens with zero attached hydrogens (tertiary/aromatic N) is 1. The summed E-state index contributed by atoms with van der Waals surface area (Å²) in [5.74, 6) is 0.000323. The molecule has 5 aromatic rings. The van der Waals surface area contributed by atoms with Crippen molar-refractivity contribution in [3.05, 3.63) is 106 Å². The fourth-order valence-electron chi connectivity index (χ4n) is 3.57. The molecule has 0 atom stereocenters. The molecule has 0 spiro atoms. The molecule has 1 N–H and O–H groups in total. The highest BCUT2D eigenvalue weighted by Gasteiger charge is 2.19. The number of carbonyl (C=O) groups is 2. The largest absolute Gasteiger partial charge is 0.484 e. The average Bonchev–Trinajstić information content (AvgIpc) is 3.24. The van der Waals surface area contributed by atoms with E-state index in [0.717, 1.165) is 20.9 Å². The van der Waals surface area contributed by atoms with E-state index in [4.69, 9.17) is 21.1 Å². The quantitative estimate of drug-likeness (QED) is 0.117. The number of nitrogens with one attached hydrogen (secondary N) is 1. The zero-order chi connectivity index (χ0) is 24.9. The van der Waals surface area contributed by atoms with Gasteiger partial charge in [-0.25, -0.2) is 10.2 Å². The molecular weight excluding hydrogens is 496 g/mol. The molecule has 0 radical (unpaired) electrons. The van der Waals surface area contributed by atoms with Crippen LogP contribution in [0.4, 0.5) is 0 Å². The summed E-state index contributed by atoms with van der Waals surface area (Å²) in [6, 6.07) is 27.9. The average molecular weight is 515 g/mol. The van der Waals surface area contributed by atoms with Crippen LogP contribution in [0.2, 0.25) is 5.02 Å². The van der Waals surface area contributed by atoms with Crippen LogP contribution < -0.4 is 14.9 Å². The molecule has 1 amide bonds. The van der Waals surface area contributed by atoms with E-state index in [0.29, 0.717) is 27.0 Å². The zero-order valence-corrected chi connectivity index (χ0v) is 20.4. The number of hydrazone groups is 1. The Labute approximate surface area is 215 Å². The van der Waals surface area contributed by atoms with Crippen molar-refractivity contribution in [2.24, 2.45) is 5.10 Å². The van der Waals surface area contributed by atoms with Crippen molar-refractivity contribution in [2.45, 2.75) is 0 Å². The Hall–Kier alpha value is -4.20. The number of halogens is 1. The first-order valence-corrected chi connectivity index (χ1v) is 12.2. The van der Waals surface area contributed by atoms with Crippen LogP contribution in [0.15, 0.2) is 96.1 Å². The summed E-state index contributed by atoms with van der Waals surface area (Å²) in [4.78, 5) is 25.1. The molecule has 8 heteroatoms. The first-order valence-electron chi connectivity index (χ1n) is 11.0. The SMILES string of the molecule is O=C(COc1ccc2ccccc2c1)N/N=C\c1cccc(OC(=O)c2sc3ccccc3c2Cl)c1. The van der Waals surface area contributed by atoms with Gasteiger partial charge in [-0.2, -0.15) is 5.10 Å². The molecular formula is C28H19ClN2O4S. The van der Waals surface area contributed by atoms with E-state index in [-0.39, 0.29) is 6.61 Å². The van der Waals surface area contributed by atoms with Gasteiger partial charge in [0.05, 0.1) is 11.2 Å². The maximum Gasteiger partial charge on any atom is 0.355 e. The Bertz CT molecular complexity index is 1610. The van der Waals surface area contributed by atoms with Gasteiger partial charge in [0.15, 0.2) is 6.61 Å². The highest BCUT2D eigenvalue weighted by Crippen LogP contribution is 2.35. The smallest absolute Gasteiger partial charge is 0.355 e. The number of rotatable bonds is 7. The number of benzene rings is 4. The number of ether oxygens (including phenoxy) is 2. The number of fused-ring (bicyclic) bond motifs is 2. The lowest BCUT2D eigenvalue weighted by Gasteiger charge is -2.06. The van der Waals surface area contributed by atoms with E-state index < -0.39 is 11.9 Å². The predicted octanol–water partition coefficient (Wildman–Crippen LogP) is 6.46. The molecule has 1 aromatic heterocycles. The first-order chi connectivity index (χ1) is 17.6. The van der Waals surface area contributed by atoms with Crippen molar-refractivity contribution in [3.8, 4) is 11.5 Å². The fraction of sp³-hybridized carbons (Fsp3) is 0.0357. The lowest BCUT2D eigenvalue weighted by Crippen LogP contribution is -2.24. The molecule has 36 heavy (non-hydrogen) atoms. The Morgan fingerprint density at radius 3 is 2.56 bits per heavy atom. The first kappa shape index (κ1) is 23.5. The molecule has 5 rings (SSSR count). The molecule has 6 nitrogen and oxygen atoms in total. The standard InChI is InChI=1S/C28H19ClN2O4S/c29-26-23-10-3-4-11-24(23)36-27(26)28(33)35-22-9-5-6-18(14-22)16-30-31-25(32)17-34-21-13-12-19-7-1-2-8-20(19)15-21/h1-16H,17H2,(H,31,32)/b30-16-. The van der Waals surface area contributed by atoms with Crippen LogP contribution in [0.3, 0.4) is 0 Å². The zero-order valence-electron chi connectivity index (χ0n) is 18.8. The second-order valence-electron chi connectivity index (χ2n) is 7.79. The third-order valence-electron chi connectivity index (χ3n) is 5.28. The monoisotopic (exact) mass is 514 g/mol. The van der Waals surface area contributed by atoms with E-state index in [1.165, 1.54) is 17.6 Å². The normalized spacial score (nSPS) is 11.1. The van der Waals surface area contributed by atoms with Gasteiger partial charge >= 0.3 is 5.97 Å². The third kappa shape index (κ3) is 5.38. The van der Waals surface area contributed by atoms with Crippen LogP contribution in [-0.2, 0) is 4.79 Å². The molecule has 0 unspecified atom stereocenters. The van der Waals surface area contributed by atoms with Crippen molar-refractivity contribution in [1.29, 1.82) is 0 Å². The fourth-order valence-corrected chi connectivity index (χ4v) is 4.96. The lowest BCUT2D eigenvalue weighted by molar-refractivity contribution is -0.123. The predicted molar refractivity (Wildman–Crippen MR) is 143 cm³/mol. The molecule has 1 heterocycles. The van der Waals surface area contributed by atoms with Gasteiger partial charge in [-0.05, 0) is 46.7 Å². The number of carbonyl (C=O) groups excluding carboxylic acids is 2. The molecule has 0 aliphatic heterocycles. The van der Waals surface area contributed by atoms with Crippen molar-refractivity contribution in [2.75, 3.05) is 6.61 Å². The van der Waals surface area contributed by atoms with Crippen LogP contribution in [0, 0.1) is 0 Å². The van der Waals surface area contributed by atoms with Crippen molar-refractivity contribution in [3.63, 3.8) is 0 Å². The summed E-state index contributed by atoms with van der Waals surface area (Å²) >= 11 is 7.66. The number of esters is 1. The molecule has 178 valence electrons. The topological polar surface area (TPSA) is 77.0 Å². The number of hydrogen-bond acceptors (Lipinski definition) is 6. The van der Waals surface area contributed by atoms with Gasteiger partial charge in [-0.1, -0.05) is 72.3 Å². The van der Waals surface area contributed by atoms with Crippen LogP contribution in [0.25, 0.3) is 20.9 Å². The van der Waals surface area contributed by atoms with Crippen LogP contribution in [0.1, 0.15) is 15.2 Å². The van der Waals surface area contributed by atoms with Gasteiger partial charge in [0.2, 0.25) is 0 Å². The van der Waals surface area contributed by atoms with E-state index in [1.807, 2.05) is 66.7 Å². The van der Waals surface area contributed by atoms with Crippen LogP contribution >= 0.6 is 22.9 Å². The maximum absolute atomic E-state index is 12.7.